The smallest absolute Gasteiger partial charge is 0.165 e. The molecule has 0 spiro atoms. The number of hydrogen-bond acceptors (Lipinski definition) is 4. The van der Waals surface area contributed by atoms with Crippen molar-refractivity contribution in [1.82, 2.24) is 14.6 Å². The molecule has 1 aliphatic carbocycles. The van der Waals surface area contributed by atoms with Gasteiger partial charge in [0.15, 0.2) is 5.65 Å². The molecule has 0 bridgehead atoms. The summed E-state index contributed by atoms with van der Waals surface area (Å²) in [4.78, 5) is 7.01. The van der Waals surface area contributed by atoms with Crippen molar-refractivity contribution in [2.45, 2.75) is 32.6 Å². The van der Waals surface area contributed by atoms with E-state index in [1.165, 1.54) is 17.7 Å². The number of anilines is 1. The fourth-order valence-electron chi connectivity index (χ4n) is 3.88. The lowest BCUT2D eigenvalue weighted by atomic mass is 9.96. The second-order valence-corrected chi connectivity index (χ2v) is 6.92. The molecule has 1 N–H and O–H groups in total. The van der Waals surface area contributed by atoms with Crippen LogP contribution in [0.25, 0.3) is 16.8 Å². The Labute approximate surface area is 152 Å². The number of hydrogen-bond donors (Lipinski definition) is 1. The Kier molecular flexibility index (Phi) is 4.36. The lowest BCUT2D eigenvalue weighted by Crippen LogP contribution is -2.27. The van der Waals surface area contributed by atoms with Crippen LogP contribution < -0.4 is 4.90 Å². The number of likely N-dealkylation sites (N-methyl/N-ethyl adjacent to an activating group) is 1. The number of fused-ring (bicyclic) bond motifs is 2. The van der Waals surface area contributed by atoms with Crippen molar-refractivity contribution in [2.75, 3.05) is 25.1 Å². The molecule has 2 aromatic heterocycles. The summed E-state index contributed by atoms with van der Waals surface area (Å²) in [5.74, 6) is 0.756. The minimum absolute atomic E-state index is 0.0835. The molecule has 0 aliphatic heterocycles. The van der Waals surface area contributed by atoms with Crippen LogP contribution in [0.2, 0.25) is 0 Å². The summed E-state index contributed by atoms with van der Waals surface area (Å²) >= 11 is 0. The third-order valence-electron chi connectivity index (χ3n) is 5.12. The van der Waals surface area contributed by atoms with Gasteiger partial charge in [0.2, 0.25) is 0 Å². The van der Waals surface area contributed by atoms with Crippen molar-refractivity contribution < 1.29 is 9.50 Å². The van der Waals surface area contributed by atoms with E-state index in [0.717, 1.165) is 59.7 Å². The van der Waals surface area contributed by atoms with Gasteiger partial charge >= 0.3 is 0 Å². The number of benzene rings is 1. The Morgan fingerprint density at radius 1 is 1.19 bits per heavy atom. The summed E-state index contributed by atoms with van der Waals surface area (Å²) in [6.45, 7) is 2.58. The molecule has 0 unspecified atom stereocenters. The van der Waals surface area contributed by atoms with Crippen LogP contribution in [0.5, 0.6) is 0 Å². The molecule has 0 amide bonds. The molecular formula is C20H23FN4O. The molecule has 0 radical (unpaired) electrons. The van der Waals surface area contributed by atoms with Crippen LogP contribution in [0.15, 0.2) is 24.3 Å². The lowest BCUT2D eigenvalue weighted by Gasteiger charge is -2.26. The molecule has 1 aromatic carbocycles. The average Bonchev–Trinajstić information content (AvgIpc) is 2.96. The molecule has 0 fully saturated rings. The van der Waals surface area contributed by atoms with Crippen LogP contribution in [0.4, 0.5) is 10.2 Å². The molecule has 0 atom stereocenters. The van der Waals surface area contributed by atoms with Crippen molar-refractivity contribution in [2.24, 2.45) is 0 Å². The van der Waals surface area contributed by atoms with Crippen LogP contribution >= 0.6 is 0 Å². The number of nitrogens with zero attached hydrogens (tertiary/aromatic N) is 4. The summed E-state index contributed by atoms with van der Waals surface area (Å²) in [7, 11) is 1.98. The van der Waals surface area contributed by atoms with E-state index in [4.69, 9.17) is 10.1 Å². The van der Waals surface area contributed by atoms with E-state index in [0.29, 0.717) is 6.54 Å². The molecule has 4 rings (SSSR count). The van der Waals surface area contributed by atoms with Crippen LogP contribution in [-0.4, -0.2) is 39.9 Å². The SMILES string of the molecule is Cc1nn2c(N(C)CCO)c3c(nc2c1-c1ccc(F)cc1)CCCC3. The van der Waals surface area contributed by atoms with Crippen LogP contribution in [0.1, 0.15) is 29.8 Å². The summed E-state index contributed by atoms with van der Waals surface area (Å²) in [6, 6.07) is 6.49. The van der Waals surface area contributed by atoms with E-state index in [1.54, 1.807) is 12.1 Å². The van der Waals surface area contributed by atoms with Crippen molar-refractivity contribution in [3.8, 4) is 11.1 Å². The first-order valence-corrected chi connectivity index (χ1v) is 9.09. The monoisotopic (exact) mass is 354 g/mol. The van der Waals surface area contributed by atoms with Gasteiger partial charge in [-0.25, -0.2) is 9.37 Å². The molecule has 26 heavy (non-hydrogen) atoms. The standard InChI is InChI=1S/C20H23FN4O/c1-13-18(14-7-9-15(21)10-8-14)19-22-17-6-4-3-5-16(17)20(25(19)23-13)24(2)11-12-26/h7-10,26H,3-6,11-12H2,1-2H3. The third kappa shape index (κ3) is 2.74. The largest absolute Gasteiger partial charge is 0.395 e. The normalized spacial score (nSPS) is 13.8. The molecule has 5 nitrogen and oxygen atoms in total. The first kappa shape index (κ1) is 17.0. The van der Waals surface area contributed by atoms with Crippen molar-refractivity contribution >= 4 is 11.5 Å². The first-order chi connectivity index (χ1) is 12.6. The number of aromatic nitrogens is 3. The van der Waals surface area contributed by atoms with Crippen molar-refractivity contribution in [3.63, 3.8) is 0 Å². The average molecular weight is 354 g/mol. The summed E-state index contributed by atoms with van der Waals surface area (Å²) in [6.07, 6.45) is 4.22. The Morgan fingerprint density at radius 3 is 2.65 bits per heavy atom. The third-order valence-corrected chi connectivity index (χ3v) is 5.12. The predicted octanol–water partition coefficient (Wildman–Crippen LogP) is 3.15. The molecule has 3 aromatic rings. The minimum Gasteiger partial charge on any atom is -0.395 e. The van der Waals surface area contributed by atoms with Gasteiger partial charge in [0.1, 0.15) is 11.6 Å². The lowest BCUT2D eigenvalue weighted by molar-refractivity contribution is 0.303. The molecule has 0 saturated heterocycles. The van der Waals surface area contributed by atoms with Crippen molar-refractivity contribution in [1.29, 1.82) is 0 Å². The summed E-state index contributed by atoms with van der Waals surface area (Å²) in [5.41, 5.74) is 5.87. The molecule has 6 heteroatoms. The zero-order valence-corrected chi connectivity index (χ0v) is 15.2. The van der Waals surface area contributed by atoms with Crippen LogP contribution in [0, 0.1) is 12.7 Å². The molecule has 136 valence electrons. The fraction of sp³-hybridized carbons (Fsp3) is 0.400. The van der Waals surface area contributed by atoms with E-state index in [9.17, 15) is 9.50 Å². The second-order valence-electron chi connectivity index (χ2n) is 6.92. The van der Waals surface area contributed by atoms with Gasteiger partial charge in [-0.05, 0) is 50.3 Å². The fourth-order valence-corrected chi connectivity index (χ4v) is 3.88. The maximum Gasteiger partial charge on any atom is 0.165 e. The van der Waals surface area contributed by atoms with Crippen LogP contribution in [-0.2, 0) is 12.8 Å². The Hall–Kier alpha value is -2.47. The van der Waals surface area contributed by atoms with Gasteiger partial charge in [0, 0.05) is 30.4 Å². The highest BCUT2D eigenvalue weighted by Crippen LogP contribution is 2.35. The molecule has 0 saturated carbocycles. The maximum absolute atomic E-state index is 13.4. The van der Waals surface area contributed by atoms with Gasteiger partial charge in [-0.2, -0.15) is 9.61 Å². The van der Waals surface area contributed by atoms with Gasteiger partial charge in [-0.1, -0.05) is 12.1 Å². The molecule has 2 heterocycles. The van der Waals surface area contributed by atoms with Crippen LogP contribution in [0.3, 0.4) is 0 Å². The summed E-state index contributed by atoms with van der Waals surface area (Å²) < 4.78 is 15.3. The zero-order valence-electron chi connectivity index (χ0n) is 15.2. The number of aryl methyl sites for hydroxylation is 2. The Bertz CT molecular complexity index is 949. The first-order valence-electron chi connectivity index (χ1n) is 9.09. The molecular weight excluding hydrogens is 331 g/mol. The highest BCUT2D eigenvalue weighted by molar-refractivity contribution is 5.81. The quantitative estimate of drug-likeness (QED) is 0.782. The van der Waals surface area contributed by atoms with E-state index >= 15 is 0 Å². The van der Waals surface area contributed by atoms with Gasteiger partial charge in [-0.3, -0.25) is 0 Å². The van der Waals surface area contributed by atoms with Gasteiger partial charge in [-0.15, -0.1) is 0 Å². The number of rotatable bonds is 4. The van der Waals surface area contributed by atoms with E-state index in [1.807, 2.05) is 18.5 Å². The minimum atomic E-state index is -0.253. The predicted molar refractivity (Wildman–Crippen MR) is 100 cm³/mol. The second kappa shape index (κ2) is 6.68. The van der Waals surface area contributed by atoms with E-state index < -0.39 is 0 Å². The van der Waals surface area contributed by atoms with E-state index in [2.05, 4.69) is 4.90 Å². The highest BCUT2D eigenvalue weighted by Gasteiger charge is 2.24. The maximum atomic E-state index is 13.4. The van der Waals surface area contributed by atoms with E-state index in [-0.39, 0.29) is 12.4 Å². The Morgan fingerprint density at radius 2 is 1.92 bits per heavy atom. The van der Waals surface area contributed by atoms with Gasteiger partial charge in [0.05, 0.1) is 12.3 Å². The van der Waals surface area contributed by atoms with Gasteiger partial charge < -0.3 is 10.0 Å². The number of halogens is 1. The number of aliphatic hydroxyl groups is 1. The highest BCUT2D eigenvalue weighted by atomic mass is 19.1. The molecule has 1 aliphatic rings. The van der Waals surface area contributed by atoms with Gasteiger partial charge in [0.25, 0.3) is 0 Å². The zero-order chi connectivity index (χ0) is 18.3. The summed E-state index contributed by atoms with van der Waals surface area (Å²) in [5, 5.41) is 14.2. The van der Waals surface area contributed by atoms with Crippen molar-refractivity contribution in [3.05, 3.63) is 47.0 Å². The Balaban J connectivity index is 2.00. The number of aliphatic hydroxyl groups excluding tert-OH is 1. The topological polar surface area (TPSA) is 53.7 Å².